The smallest absolute Gasteiger partial charge is 0.340 e. The highest BCUT2D eigenvalue weighted by molar-refractivity contribution is 5.94. The number of hydrogen-bond acceptors (Lipinski definition) is 5. The number of piperazine rings is 1. The van der Waals surface area contributed by atoms with Gasteiger partial charge in [-0.25, -0.2) is 4.79 Å². The van der Waals surface area contributed by atoms with Gasteiger partial charge in [-0.2, -0.15) is 0 Å². The summed E-state index contributed by atoms with van der Waals surface area (Å²) in [4.78, 5) is 17.1. The second-order valence-corrected chi connectivity index (χ2v) is 8.09. The van der Waals surface area contributed by atoms with Gasteiger partial charge in [-0.15, -0.1) is 0 Å². The molecule has 1 saturated heterocycles. The number of cyclic esters (lactones) is 1. The summed E-state index contributed by atoms with van der Waals surface area (Å²) in [5.74, 6) is -0.262. The van der Waals surface area contributed by atoms with Crippen LogP contribution in [0.15, 0.2) is 78.9 Å². The van der Waals surface area contributed by atoms with Crippen LogP contribution in [0.3, 0.4) is 0 Å². The van der Waals surface area contributed by atoms with Gasteiger partial charge < -0.3 is 15.0 Å². The first-order valence-electron chi connectivity index (χ1n) is 10.9. The maximum absolute atomic E-state index is 12.1. The molecular formula is C26H27N3O2. The number of nitrogens with zero attached hydrogens (tertiary/aromatic N) is 2. The molecule has 0 bridgehead atoms. The number of anilines is 2. The van der Waals surface area contributed by atoms with Crippen molar-refractivity contribution in [1.82, 2.24) is 4.90 Å². The number of hydrogen-bond donors (Lipinski definition) is 1. The van der Waals surface area contributed by atoms with Crippen molar-refractivity contribution in [1.29, 1.82) is 0 Å². The van der Waals surface area contributed by atoms with Crippen molar-refractivity contribution in [3.05, 3.63) is 95.6 Å². The fourth-order valence-electron chi connectivity index (χ4n) is 4.42. The van der Waals surface area contributed by atoms with Crippen LogP contribution in [0.1, 0.15) is 27.7 Å². The highest BCUT2D eigenvalue weighted by atomic mass is 16.6. The number of carbonyl (C=O) groups is 1. The summed E-state index contributed by atoms with van der Waals surface area (Å²) < 4.78 is 5.57. The SMILES string of the molecule is O=C1OC(Nc2ccccc2CCN2CCN(c3ccccc3)CC2)c2ccccc21. The minimum absolute atomic E-state index is 0.262. The van der Waals surface area contributed by atoms with Crippen molar-refractivity contribution in [2.24, 2.45) is 0 Å². The predicted octanol–water partition coefficient (Wildman–Crippen LogP) is 4.33. The molecule has 5 rings (SSSR count). The second kappa shape index (κ2) is 8.82. The van der Waals surface area contributed by atoms with Crippen molar-refractivity contribution in [3.8, 4) is 0 Å². The Kier molecular flexibility index (Phi) is 5.59. The van der Waals surface area contributed by atoms with Crippen LogP contribution < -0.4 is 10.2 Å². The number of benzene rings is 3. The molecule has 2 aliphatic rings. The van der Waals surface area contributed by atoms with Crippen LogP contribution in [0.2, 0.25) is 0 Å². The van der Waals surface area contributed by atoms with Gasteiger partial charge in [0.2, 0.25) is 6.23 Å². The van der Waals surface area contributed by atoms with Crippen LogP contribution in [-0.2, 0) is 11.2 Å². The molecule has 2 heterocycles. The average Bonchev–Trinajstić information content (AvgIpc) is 3.15. The summed E-state index contributed by atoms with van der Waals surface area (Å²) in [6.45, 7) is 5.26. The number of nitrogens with one attached hydrogen (secondary N) is 1. The van der Waals surface area contributed by atoms with E-state index in [2.05, 4.69) is 63.6 Å². The van der Waals surface area contributed by atoms with Crippen molar-refractivity contribution in [3.63, 3.8) is 0 Å². The zero-order chi connectivity index (χ0) is 21.0. The minimum Gasteiger partial charge on any atom is -0.434 e. The predicted molar refractivity (Wildman–Crippen MR) is 123 cm³/mol. The van der Waals surface area contributed by atoms with Gasteiger partial charge >= 0.3 is 5.97 Å². The molecule has 5 heteroatoms. The molecule has 3 aromatic rings. The standard InChI is InChI=1S/C26H27N3O2/c30-26-23-12-6-5-11-22(23)25(31-26)27-24-13-7-4-8-20(24)14-15-28-16-18-29(19-17-28)21-9-2-1-3-10-21/h1-13,25,27H,14-19H2. The Balaban J connectivity index is 1.20. The number of rotatable bonds is 6. The fourth-order valence-corrected chi connectivity index (χ4v) is 4.42. The summed E-state index contributed by atoms with van der Waals surface area (Å²) in [5, 5.41) is 3.44. The van der Waals surface area contributed by atoms with E-state index in [0.29, 0.717) is 5.56 Å². The van der Waals surface area contributed by atoms with Crippen LogP contribution >= 0.6 is 0 Å². The number of ether oxygens (including phenoxy) is 1. The molecular weight excluding hydrogens is 386 g/mol. The van der Waals surface area contributed by atoms with E-state index in [9.17, 15) is 4.79 Å². The third-order valence-corrected chi connectivity index (χ3v) is 6.18. The molecule has 1 N–H and O–H groups in total. The number of fused-ring (bicyclic) bond motifs is 1. The normalized spacial score (nSPS) is 18.5. The lowest BCUT2D eigenvalue weighted by Crippen LogP contribution is -2.47. The Hall–Kier alpha value is -3.31. The van der Waals surface area contributed by atoms with Crippen LogP contribution in [-0.4, -0.2) is 43.6 Å². The number of esters is 1. The van der Waals surface area contributed by atoms with Gasteiger partial charge in [0.25, 0.3) is 0 Å². The zero-order valence-corrected chi connectivity index (χ0v) is 17.5. The van der Waals surface area contributed by atoms with E-state index < -0.39 is 6.23 Å². The molecule has 2 aliphatic heterocycles. The summed E-state index contributed by atoms with van der Waals surface area (Å²) >= 11 is 0. The van der Waals surface area contributed by atoms with Crippen LogP contribution in [0, 0.1) is 0 Å². The quantitative estimate of drug-likeness (QED) is 0.610. The summed E-state index contributed by atoms with van der Waals surface area (Å²) in [5.41, 5.74) is 5.13. The van der Waals surface area contributed by atoms with E-state index in [1.54, 1.807) is 0 Å². The number of para-hydroxylation sites is 2. The minimum atomic E-state index is -0.431. The maximum atomic E-state index is 12.1. The molecule has 3 aromatic carbocycles. The van der Waals surface area contributed by atoms with Gasteiger partial charge in [-0.3, -0.25) is 4.90 Å². The topological polar surface area (TPSA) is 44.8 Å². The molecule has 1 atom stereocenters. The molecule has 31 heavy (non-hydrogen) atoms. The molecule has 1 unspecified atom stereocenters. The van der Waals surface area contributed by atoms with Gasteiger partial charge in [0.15, 0.2) is 0 Å². The summed E-state index contributed by atoms with van der Waals surface area (Å²) in [7, 11) is 0. The monoisotopic (exact) mass is 413 g/mol. The molecule has 0 radical (unpaired) electrons. The van der Waals surface area contributed by atoms with Crippen molar-refractivity contribution >= 4 is 17.3 Å². The lowest BCUT2D eigenvalue weighted by Gasteiger charge is -2.36. The molecule has 158 valence electrons. The Morgan fingerprint density at radius 2 is 1.55 bits per heavy atom. The van der Waals surface area contributed by atoms with Crippen LogP contribution in [0.25, 0.3) is 0 Å². The molecule has 0 spiro atoms. The first-order chi connectivity index (χ1) is 15.3. The van der Waals surface area contributed by atoms with Gasteiger partial charge in [0.05, 0.1) is 5.56 Å². The van der Waals surface area contributed by atoms with Crippen molar-refractivity contribution in [2.75, 3.05) is 42.9 Å². The highest BCUT2D eigenvalue weighted by Crippen LogP contribution is 2.32. The summed E-state index contributed by atoms with van der Waals surface area (Å²) in [6.07, 6.45) is 0.524. The highest BCUT2D eigenvalue weighted by Gasteiger charge is 2.30. The lowest BCUT2D eigenvalue weighted by atomic mass is 10.1. The first-order valence-corrected chi connectivity index (χ1v) is 10.9. The molecule has 0 amide bonds. The van der Waals surface area contributed by atoms with E-state index in [4.69, 9.17) is 4.74 Å². The lowest BCUT2D eigenvalue weighted by molar-refractivity contribution is 0.0437. The van der Waals surface area contributed by atoms with Gasteiger partial charge in [-0.05, 0) is 36.2 Å². The Labute approximate surface area is 183 Å². The largest absolute Gasteiger partial charge is 0.434 e. The van der Waals surface area contributed by atoms with E-state index in [1.165, 1.54) is 11.3 Å². The van der Waals surface area contributed by atoms with Gasteiger partial charge in [0, 0.05) is 49.7 Å². The van der Waals surface area contributed by atoms with E-state index in [1.807, 2.05) is 30.3 Å². The third kappa shape index (κ3) is 4.28. The van der Waals surface area contributed by atoms with E-state index in [0.717, 1.165) is 50.4 Å². The Bertz CT molecular complexity index is 1050. The number of carbonyl (C=O) groups excluding carboxylic acids is 1. The molecule has 0 saturated carbocycles. The summed E-state index contributed by atoms with van der Waals surface area (Å²) in [6, 6.07) is 26.5. The van der Waals surface area contributed by atoms with Gasteiger partial charge in [0.1, 0.15) is 0 Å². The Morgan fingerprint density at radius 1 is 0.839 bits per heavy atom. The zero-order valence-electron chi connectivity index (χ0n) is 17.5. The first kappa shape index (κ1) is 19.6. The van der Waals surface area contributed by atoms with E-state index >= 15 is 0 Å². The molecule has 1 fully saturated rings. The van der Waals surface area contributed by atoms with Crippen molar-refractivity contribution < 1.29 is 9.53 Å². The molecule has 0 aliphatic carbocycles. The second-order valence-electron chi connectivity index (χ2n) is 8.09. The fraction of sp³-hybridized carbons (Fsp3) is 0.269. The third-order valence-electron chi connectivity index (χ3n) is 6.18. The molecule has 0 aromatic heterocycles. The molecule has 5 nitrogen and oxygen atoms in total. The van der Waals surface area contributed by atoms with Crippen LogP contribution in [0.5, 0.6) is 0 Å². The van der Waals surface area contributed by atoms with E-state index in [-0.39, 0.29) is 5.97 Å². The van der Waals surface area contributed by atoms with Crippen molar-refractivity contribution in [2.45, 2.75) is 12.6 Å². The average molecular weight is 414 g/mol. The van der Waals surface area contributed by atoms with Gasteiger partial charge in [-0.1, -0.05) is 54.6 Å². The Morgan fingerprint density at radius 3 is 2.39 bits per heavy atom. The van der Waals surface area contributed by atoms with Crippen LogP contribution in [0.4, 0.5) is 11.4 Å². The maximum Gasteiger partial charge on any atom is 0.340 e.